The molecule has 0 saturated carbocycles. The minimum Gasteiger partial charge on any atom is -0.465 e. The van der Waals surface area contributed by atoms with Crippen molar-refractivity contribution in [2.24, 2.45) is 0 Å². The molecule has 0 spiro atoms. The zero-order chi connectivity index (χ0) is 14.4. The molecular weight excluding hydrogens is 258 g/mol. The molecule has 0 bridgehead atoms. The van der Waals surface area contributed by atoms with Gasteiger partial charge in [0.05, 0.1) is 13.2 Å². The Kier molecular flexibility index (Phi) is 5.41. The Morgan fingerprint density at radius 3 is 2.11 bits per heavy atom. The average Bonchev–Trinajstić information content (AvgIpc) is 2.35. The lowest BCUT2D eigenvalue weighted by molar-refractivity contribution is -0.157. The number of carbonyl (C=O) groups excluding carboxylic acids is 2. The Balaban J connectivity index is 3.19. The molecule has 1 rings (SSSR count). The Labute approximate surface area is 109 Å². The number of hydrogen-bond donors (Lipinski definition) is 0. The Morgan fingerprint density at radius 1 is 1.11 bits per heavy atom. The van der Waals surface area contributed by atoms with Crippen molar-refractivity contribution in [2.45, 2.75) is 19.8 Å². The highest BCUT2D eigenvalue weighted by Gasteiger charge is 2.34. The van der Waals surface area contributed by atoms with Crippen molar-refractivity contribution in [1.29, 1.82) is 0 Å². The number of halogens is 2. The Bertz CT molecular complexity index is 456. The van der Waals surface area contributed by atoms with Crippen LogP contribution in [0.2, 0.25) is 0 Å². The number of hydrogen-bond acceptors (Lipinski definition) is 4. The third-order valence-electron chi connectivity index (χ3n) is 2.34. The molecule has 0 fully saturated rings. The molecule has 0 N–H and O–H groups in total. The van der Waals surface area contributed by atoms with E-state index in [1.165, 1.54) is 6.07 Å². The summed E-state index contributed by atoms with van der Waals surface area (Å²) in [4.78, 5) is 23.4. The number of ether oxygens (including phenoxy) is 2. The summed E-state index contributed by atoms with van der Waals surface area (Å²) in [6, 6.07) is 3.25. The molecule has 0 aromatic heterocycles. The summed E-state index contributed by atoms with van der Waals surface area (Å²) in [5, 5.41) is 0. The fourth-order valence-corrected chi connectivity index (χ4v) is 1.54. The van der Waals surface area contributed by atoms with Crippen LogP contribution in [0.25, 0.3) is 0 Å². The van der Waals surface area contributed by atoms with Crippen LogP contribution in [-0.2, 0) is 19.1 Å². The molecule has 0 radical (unpaired) electrons. The van der Waals surface area contributed by atoms with Gasteiger partial charge in [0, 0.05) is 5.56 Å². The van der Waals surface area contributed by atoms with Gasteiger partial charge in [-0.3, -0.25) is 9.59 Å². The molecule has 104 valence electrons. The zero-order valence-electron chi connectivity index (χ0n) is 10.6. The van der Waals surface area contributed by atoms with Gasteiger partial charge in [0.1, 0.15) is 0 Å². The van der Waals surface area contributed by atoms with Gasteiger partial charge in [0.25, 0.3) is 0 Å². The molecule has 0 aliphatic heterocycles. The maximum Gasteiger partial charge on any atom is 0.325 e. The summed E-state index contributed by atoms with van der Waals surface area (Å²) in [7, 11) is 0. The summed E-state index contributed by atoms with van der Waals surface area (Å²) >= 11 is 0. The molecule has 0 heterocycles. The number of carbonyl (C=O) groups is 2. The first-order chi connectivity index (χ1) is 9.02. The molecule has 1 aromatic rings. The minimum atomic E-state index is -1.62. The quantitative estimate of drug-likeness (QED) is 0.609. The van der Waals surface area contributed by atoms with Crippen LogP contribution in [0.3, 0.4) is 0 Å². The van der Waals surface area contributed by atoms with E-state index in [0.717, 1.165) is 12.1 Å². The van der Waals surface area contributed by atoms with Crippen molar-refractivity contribution >= 4 is 11.9 Å². The first-order valence-electron chi connectivity index (χ1n) is 5.80. The fourth-order valence-electron chi connectivity index (χ4n) is 1.54. The maximum atomic E-state index is 13.7. The van der Waals surface area contributed by atoms with E-state index in [1.807, 2.05) is 0 Å². The summed E-state index contributed by atoms with van der Waals surface area (Å²) in [5.41, 5.74) is -0.392. The van der Waals surface area contributed by atoms with Crippen molar-refractivity contribution in [2.75, 3.05) is 13.2 Å². The van der Waals surface area contributed by atoms with Crippen LogP contribution in [-0.4, -0.2) is 25.2 Å². The first-order valence-corrected chi connectivity index (χ1v) is 5.80. The van der Waals surface area contributed by atoms with E-state index in [4.69, 9.17) is 9.47 Å². The molecule has 0 unspecified atom stereocenters. The van der Waals surface area contributed by atoms with E-state index in [1.54, 1.807) is 13.8 Å². The van der Waals surface area contributed by atoms with E-state index in [-0.39, 0.29) is 13.2 Å². The van der Waals surface area contributed by atoms with Crippen LogP contribution < -0.4 is 0 Å². The summed E-state index contributed by atoms with van der Waals surface area (Å²) in [6.45, 7) is 3.13. The molecule has 6 heteroatoms. The van der Waals surface area contributed by atoms with Gasteiger partial charge >= 0.3 is 11.9 Å². The van der Waals surface area contributed by atoms with Crippen molar-refractivity contribution < 1.29 is 27.8 Å². The van der Waals surface area contributed by atoms with E-state index in [2.05, 4.69) is 0 Å². The lowest BCUT2D eigenvalue weighted by Crippen LogP contribution is -2.27. The molecule has 0 aliphatic rings. The zero-order valence-corrected chi connectivity index (χ0v) is 10.6. The van der Waals surface area contributed by atoms with Gasteiger partial charge in [-0.25, -0.2) is 8.78 Å². The van der Waals surface area contributed by atoms with Gasteiger partial charge in [-0.05, 0) is 19.9 Å². The molecule has 4 nitrogen and oxygen atoms in total. The minimum absolute atomic E-state index is 0.0195. The molecule has 19 heavy (non-hydrogen) atoms. The SMILES string of the molecule is CCOC(=O)C(C(=O)OCC)c1cccc(F)c1F. The van der Waals surface area contributed by atoms with Gasteiger partial charge in [-0.1, -0.05) is 12.1 Å². The molecule has 0 atom stereocenters. The predicted octanol–water partition coefficient (Wildman–Crippen LogP) is 2.17. The summed E-state index contributed by atoms with van der Waals surface area (Å²) in [6.07, 6.45) is 0. The van der Waals surface area contributed by atoms with Gasteiger partial charge in [-0.2, -0.15) is 0 Å². The van der Waals surface area contributed by atoms with Crippen molar-refractivity contribution in [3.05, 3.63) is 35.4 Å². The second-order valence-corrected chi connectivity index (χ2v) is 3.58. The molecular formula is C13H14F2O4. The second-order valence-electron chi connectivity index (χ2n) is 3.58. The van der Waals surface area contributed by atoms with Gasteiger partial charge in [0.15, 0.2) is 17.6 Å². The predicted molar refractivity (Wildman–Crippen MR) is 62.4 cm³/mol. The van der Waals surface area contributed by atoms with E-state index >= 15 is 0 Å². The van der Waals surface area contributed by atoms with Crippen molar-refractivity contribution in [1.82, 2.24) is 0 Å². The molecule has 0 aliphatic carbocycles. The van der Waals surface area contributed by atoms with E-state index < -0.39 is 35.1 Å². The number of benzene rings is 1. The molecule has 0 saturated heterocycles. The Hall–Kier alpha value is -1.98. The fraction of sp³-hybridized carbons (Fsp3) is 0.385. The molecule has 1 aromatic carbocycles. The van der Waals surface area contributed by atoms with Crippen LogP contribution in [0.1, 0.15) is 25.3 Å². The maximum absolute atomic E-state index is 13.7. The van der Waals surface area contributed by atoms with Gasteiger partial charge < -0.3 is 9.47 Å². The van der Waals surface area contributed by atoms with E-state index in [9.17, 15) is 18.4 Å². The molecule has 0 amide bonds. The summed E-state index contributed by atoms with van der Waals surface area (Å²) < 4.78 is 36.2. The van der Waals surface area contributed by atoms with E-state index in [0.29, 0.717) is 0 Å². The van der Waals surface area contributed by atoms with Crippen molar-refractivity contribution in [3.63, 3.8) is 0 Å². The normalized spacial score (nSPS) is 10.4. The lowest BCUT2D eigenvalue weighted by Gasteiger charge is -2.15. The van der Waals surface area contributed by atoms with Crippen LogP contribution in [0.4, 0.5) is 8.78 Å². The highest BCUT2D eigenvalue weighted by molar-refractivity contribution is 6.00. The third-order valence-corrected chi connectivity index (χ3v) is 2.34. The van der Waals surface area contributed by atoms with Crippen molar-refractivity contribution in [3.8, 4) is 0 Å². The highest BCUT2D eigenvalue weighted by atomic mass is 19.2. The standard InChI is InChI=1S/C13H14F2O4/c1-3-18-12(16)10(13(17)19-4-2)8-6-5-7-9(14)11(8)15/h5-7,10H,3-4H2,1-2H3. The second kappa shape index (κ2) is 6.82. The van der Waals surface area contributed by atoms with Crippen LogP contribution in [0, 0.1) is 11.6 Å². The van der Waals surface area contributed by atoms with Crippen LogP contribution in [0.15, 0.2) is 18.2 Å². The monoisotopic (exact) mass is 272 g/mol. The van der Waals surface area contributed by atoms with Crippen LogP contribution >= 0.6 is 0 Å². The van der Waals surface area contributed by atoms with Gasteiger partial charge in [0.2, 0.25) is 0 Å². The first kappa shape index (κ1) is 15.1. The topological polar surface area (TPSA) is 52.6 Å². The number of rotatable bonds is 5. The average molecular weight is 272 g/mol. The lowest BCUT2D eigenvalue weighted by atomic mass is 9.98. The number of esters is 2. The largest absolute Gasteiger partial charge is 0.465 e. The van der Waals surface area contributed by atoms with Crippen LogP contribution in [0.5, 0.6) is 0 Å². The summed E-state index contributed by atoms with van der Waals surface area (Å²) in [5.74, 6) is -5.95. The third kappa shape index (κ3) is 3.49. The Morgan fingerprint density at radius 2 is 1.63 bits per heavy atom. The highest BCUT2D eigenvalue weighted by Crippen LogP contribution is 2.24. The van der Waals surface area contributed by atoms with Gasteiger partial charge in [-0.15, -0.1) is 0 Å². The smallest absolute Gasteiger partial charge is 0.325 e.